The van der Waals surface area contributed by atoms with Gasteiger partial charge >= 0.3 is 0 Å². The van der Waals surface area contributed by atoms with E-state index in [0.717, 1.165) is 25.3 Å². The maximum atomic E-state index is 11.5. The van der Waals surface area contributed by atoms with Gasteiger partial charge < -0.3 is 10.6 Å². The van der Waals surface area contributed by atoms with E-state index in [1.54, 1.807) is 22.7 Å². The molecule has 1 saturated heterocycles. The van der Waals surface area contributed by atoms with E-state index in [9.17, 15) is 8.42 Å². The Hall–Kier alpha value is -1.12. The molecule has 6 nitrogen and oxygen atoms in total. The second-order valence-corrected chi connectivity index (χ2v) is 8.90. The summed E-state index contributed by atoms with van der Waals surface area (Å²) in [6.07, 6.45) is 3.05. The molecule has 1 unspecified atom stereocenters. The number of thiophene rings is 1. The zero-order valence-corrected chi connectivity index (χ0v) is 15.6. The van der Waals surface area contributed by atoms with Gasteiger partial charge in [-0.2, -0.15) is 0 Å². The highest BCUT2D eigenvalue weighted by Gasteiger charge is 2.24. The molecule has 8 heteroatoms. The van der Waals surface area contributed by atoms with Crippen LogP contribution in [0.5, 0.6) is 0 Å². The van der Waals surface area contributed by atoms with Crippen LogP contribution in [0.15, 0.2) is 22.5 Å². The lowest BCUT2D eigenvalue weighted by Crippen LogP contribution is -2.44. The molecule has 2 rings (SSSR count). The van der Waals surface area contributed by atoms with Gasteiger partial charge in [0.1, 0.15) is 0 Å². The third kappa shape index (κ3) is 5.47. The first-order valence-electron chi connectivity index (χ1n) is 7.86. The molecular weight excluding hydrogens is 332 g/mol. The summed E-state index contributed by atoms with van der Waals surface area (Å²) in [5.74, 6) is 1.26. The summed E-state index contributed by atoms with van der Waals surface area (Å²) < 4.78 is 24.6. The van der Waals surface area contributed by atoms with Crippen molar-refractivity contribution in [2.75, 3.05) is 32.9 Å². The molecule has 1 aliphatic heterocycles. The fourth-order valence-electron chi connectivity index (χ4n) is 2.69. The summed E-state index contributed by atoms with van der Waals surface area (Å²) in [7, 11) is -1.28. The topological polar surface area (TPSA) is 73.8 Å². The number of sulfonamides is 1. The highest BCUT2D eigenvalue weighted by molar-refractivity contribution is 7.88. The molecule has 0 saturated carbocycles. The van der Waals surface area contributed by atoms with Crippen LogP contribution in [0.3, 0.4) is 0 Å². The lowest BCUT2D eigenvalue weighted by molar-refractivity contribution is 0.274. The lowest BCUT2D eigenvalue weighted by atomic mass is 9.98. The Balaban J connectivity index is 1.76. The molecule has 2 N–H and O–H groups in total. The number of piperidine rings is 1. The Morgan fingerprint density at radius 3 is 2.70 bits per heavy atom. The summed E-state index contributed by atoms with van der Waals surface area (Å²) >= 11 is 1.72. The normalized spacial score (nSPS) is 19.5. The predicted molar refractivity (Wildman–Crippen MR) is 96.4 cm³/mol. The van der Waals surface area contributed by atoms with E-state index in [-0.39, 0.29) is 6.04 Å². The summed E-state index contributed by atoms with van der Waals surface area (Å²) in [6, 6.07) is 4.37. The van der Waals surface area contributed by atoms with Crippen molar-refractivity contribution in [2.45, 2.75) is 25.8 Å². The fourth-order valence-corrected chi connectivity index (χ4v) is 4.30. The second kappa shape index (κ2) is 8.12. The standard InChI is InChI=1S/C15H26N4O2S2/c1-12(14-5-4-10-22-14)18-15(16-2)17-11-13-6-8-19(9-7-13)23(3,20)21/h4-5,10,12-13H,6-9,11H2,1-3H3,(H2,16,17,18). The van der Waals surface area contributed by atoms with Crippen molar-refractivity contribution in [3.8, 4) is 0 Å². The van der Waals surface area contributed by atoms with E-state index in [1.807, 2.05) is 6.07 Å². The van der Waals surface area contributed by atoms with Gasteiger partial charge in [-0.05, 0) is 37.1 Å². The summed E-state index contributed by atoms with van der Waals surface area (Å²) in [5, 5.41) is 8.81. The first-order valence-corrected chi connectivity index (χ1v) is 10.6. The fraction of sp³-hybridized carbons (Fsp3) is 0.667. The van der Waals surface area contributed by atoms with Gasteiger partial charge in [-0.25, -0.2) is 12.7 Å². The van der Waals surface area contributed by atoms with Crippen molar-refractivity contribution >= 4 is 27.3 Å². The minimum absolute atomic E-state index is 0.216. The van der Waals surface area contributed by atoms with Crippen molar-refractivity contribution in [1.82, 2.24) is 14.9 Å². The Kier molecular flexibility index (Phi) is 6.43. The Labute approximate surface area is 143 Å². The van der Waals surface area contributed by atoms with Gasteiger partial charge in [0.2, 0.25) is 10.0 Å². The third-order valence-corrected chi connectivity index (χ3v) is 6.51. The number of hydrogen-bond acceptors (Lipinski definition) is 4. The predicted octanol–water partition coefficient (Wildman–Crippen LogP) is 1.65. The van der Waals surface area contributed by atoms with Crippen molar-refractivity contribution in [2.24, 2.45) is 10.9 Å². The molecule has 1 aliphatic rings. The largest absolute Gasteiger partial charge is 0.356 e. The lowest BCUT2D eigenvalue weighted by Gasteiger charge is -2.30. The molecule has 0 aliphatic carbocycles. The minimum atomic E-state index is -3.05. The van der Waals surface area contributed by atoms with Gasteiger partial charge in [0.05, 0.1) is 12.3 Å². The van der Waals surface area contributed by atoms with Gasteiger partial charge in [-0.1, -0.05) is 6.07 Å². The smallest absolute Gasteiger partial charge is 0.211 e. The molecule has 1 atom stereocenters. The van der Waals surface area contributed by atoms with E-state index >= 15 is 0 Å². The third-order valence-electron chi connectivity index (χ3n) is 4.15. The molecule has 0 bridgehead atoms. The van der Waals surface area contributed by atoms with Crippen LogP contribution in [0.1, 0.15) is 30.7 Å². The van der Waals surface area contributed by atoms with Crippen LogP contribution < -0.4 is 10.6 Å². The van der Waals surface area contributed by atoms with Gasteiger partial charge in [0, 0.05) is 31.6 Å². The van der Waals surface area contributed by atoms with E-state index in [2.05, 4.69) is 34.0 Å². The average molecular weight is 359 g/mol. The van der Waals surface area contributed by atoms with E-state index in [1.165, 1.54) is 11.1 Å². The minimum Gasteiger partial charge on any atom is -0.356 e. The molecule has 1 aromatic heterocycles. The molecule has 1 aromatic rings. The Morgan fingerprint density at radius 2 is 2.17 bits per heavy atom. The van der Waals surface area contributed by atoms with Crippen LogP contribution in [-0.2, 0) is 10.0 Å². The van der Waals surface area contributed by atoms with E-state index in [4.69, 9.17) is 0 Å². The van der Waals surface area contributed by atoms with Crippen molar-refractivity contribution in [1.29, 1.82) is 0 Å². The first-order chi connectivity index (χ1) is 10.9. The Morgan fingerprint density at radius 1 is 1.48 bits per heavy atom. The van der Waals surface area contributed by atoms with E-state index in [0.29, 0.717) is 19.0 Å². The zero-order chi connectivity index (χ0) is 16.9. The molecule has 0 spiro atoms. The maximum Gasteiger partial charge on any atom is 0.211 e. The SMILES string of the molecule is CN=C(NCC1CCN(S(C)(=O)=O)CC1)NC(C)c1cccs1. The molecule has 23 heavy (non-hydrogen) atoms. The van der Waals surface area contributed by atoms with Crippen molar-refractivity contribution in [3.05, 3.63) is 22.4 Å². The number of hydrogen-bond donors (Lipinski definition) is 2. The van der Waals surface area contributed by atoms with Crippen LogP contribution in [0.25, 0.3) is 0 Å². The molecule has 1 fully saturated rings. The quantitative estimate of drug-likeness (QED) is 0.620. The number of nitrogens with zero attached hydrogens (tertiary/aromatic N) is 2. The van der Waals surface area contributed by atoms with Crippen LogP contribution in [0.4, 0.5) is 0 Å². The molecule has 130 valence electrons. The van der Waals surface area contributed by atoms with Gasteiger partial charge in [0.25, 0.3) is 0 Å². The number of aliphatic imine (C=N–C) groups is 1. The highest BCUT2D eigenvalue weighted by Crippen LogP contribution is 2.19. The van der Waals surface area contributed by atoms with Crippen molar-refractivity contribution < 1.29 is 8.42 Å². The summed E-state index contributed by atoms with van der Waals surface area (Å²) in [5.41, 5.74) is 0. The van der Waals surface area contributed by atoms with Gasteiger partial charge in [-0.3, -0.25) is 4.99 Å². The van der Waals surface area contributed by atoms with E-state index < -0.39 is 10.0 Å². The number of guanidine groups is 1. The second-order valence-electron chi connectivity index (χ2n) is 5.94. The maximum absolute atomic E-state index is 11.5. The van der Waals surface area contributed by atoms with Crippen LogP contribution >= 0.6 is 11.3 Å². The van der Waals surface area contributed by atoms with Crippen LogP contribution in [0, 0.1) is 5.92 Å². The van der Waals surface area contributed by atoms with Crippen LogP contribution in [-0.4, -0.2) is 51.6 Å². The average Bonchev–Trinajstić information content (AvgIpc) is 3.05. The first kappa shape index (κ1) is 18.2. The van der Waals surface area contributed by atoms with Crippen LogP contribution in [0.2, 0.25) is 0 Å². The number of nitrogens with one attached hydrogen (secondary N) is 2. The molecule has 2 heterocycles. The van der Waals surface area contributed by atoms with Crippen molar-refractivity contribution in [3.63, 3.8) is 0 Å². The summed E-state index contributed by atoms with van der Waals surface area (Å²) in [4.78, 5) is 5.54. The highest BCUT2D eigenvalue weighted by atomic mass is 32.2. The monoisotopic (exact) mass is 358 g/mol. The van der Waals surface area contributed by atoms with Gasteiger partial charge in [-0.15, -0.1) is 11.3 Å². The Bertz CT molecular complexity index is 605. The molecular formula is C15H26N4O2S2. The summed E-state index contributed by atoms with van der Waals surface area (Å²) in [6.45, 7) is 4.16. The van der Waals surface area contributed by atoms with Gasteiger partial charge in [0.15, 0.2) is 5.96 Å². The zero-order valence-electron chi connectivity index (χ0n) is 13.9. The molecule has 0 amide bonds. The number of rotatable bonds is 5. The molecule has 0 radical (unpaired) electrons. The molecule has 0 aromatic carbocycles.